The van der Waals surface area contributed by atoms with Crippen molar-refractivity contribution >= 4 is 67.9 Å². The molecule has 0 atom stereocenters. The quantitative estimate of drug-likeness (QED) is 0.0418. The first-order valence-corrected chi connectivity index (χ1v) is 22.8. The zero-order chi connectivity index (χ0) is 38.2. The highest BCUT2D eigenvalue weighted by Crippen LogP contribution is 2.33. The van der Waals surface area contributed by atoms with Gasteiger partial charge >= 0.3 is 0 Å². The third-order valence-corrected chi connectivity index (χ3v) is 11.6. The van der Waals surface area contributed by atoms with E-state index >= 15 is 0 Å². The average molecular weight is 799 g/mol. The molecule has 0 heterocycles. The van der Waals surface area contributed by atoms with E-state index in [-0.39, 0.29) is 22.5 Å². The van der Waals surface area contributed by atoms with Crippen molar-refractivity contribution < 1.29 is 27.6 Å². The molecule has 0 saturated carbocycles. The Morgan fingerprint density at radius 2 is 0.906 bits per heavy atom. The highest BCUT2D eigenvalue weighted by molar-refractivity contribution is 7.99. The molecule has 6 rings (SSSR count). The van der Waals surface area contributed by atoms with Gasteiger partial charge < -0.3 is 9.59 Å². The van der Waals surface area contributed by atoms with Gasteiger partial charge in [0.2, 0.25) is 0 Å². The lowest BCUT2D eigenvalue weighted by atomic mass is 10.0. The molecular weight excluding hydrogens is 761 g/mol. The van der Waals surface area contributed by atoms with E-state index in [0.717, 1.165) is 46.7 Å². The van der Waals surface area contributed by atoms with Crippen LogP contribution in [0.25, 0.3) is 0 Å². The molecule has 0 spiro atoms. The molecule has 0 fully saturated rings. The molecule has 0 aliphatic heterocycles. The molecule has 0 aliphatic rings. The smallest absolute Gasteiger partial charge is 0.255 e. The van der Waals surface area contributed by atoms with E-state index in [1.54, 1.807) is 35.3 Å². The van der Waals surface area contributed by atoms with E-state index in [1.807, 2.05) is 128 Å². The number of rotatable bonds is 11. The van der Waals surface area contributed by atoms with Gasteiger partial charge in [-0.3, -0.25) is 9.59 Å². The summed E-state index contributed by atoms with van der Waals surface area (Å²) >= 11 is 4.92. The Balaban J connectivity index is 0.000000206. The summed E-state index contributed by atoms with van der Waals surface area (Å²) in [6.07, 6.45) is 7.08. The molecule has 6 aromatic carbocycles. The molecule has 53 heavy (non-hydrogen) atoms. The number of thioether (sulfide) groups is 1. The van der Waals surface area contributed by atoms with Gasteiger partial charge in [-0.25, -0.2) is 8.42 Å². The molecule has 0 unspecified atom stereocenters. The van der Waals surface area contributed by atoms with Crippen molar-refractivity contribution in [2.75, 3.05) is 25.0 Å². The molecule has 0 aromatic heterocycles. The van der Waals surface area contributed by atoms with Crippen LogP contribution in [0.3, 0.4) is 0 Å². The van der Waals surface area contributed by atoms with E-state index in [2.05, 4.69) is 53.2 Å². The predicted octanol–water partition coefficient (Wildman–Crippen LogP) is 9.33. The summed E-state index contributed by atoms with van der Waals surface area (Å²) in [6.45, 7) is 0. The summed E-state index contributed by atoms with van der Waals surface area (Å²) in [4.78, 5) is 32.4. The van der Waals surface area contributed by atoms with E-state index < -0.39 is 10.1 Å². The van der Waals surface area contributed by atoms with E-state index in [1.165, 1.54) is 4.90 Å². The van der Waals surface area contributed by atoms with Crippen LogP contribution >= 0.6 is 35.3 Å². The minimum atomic E-state index is -3.72. The molecular formula is C42H38O6S5. The van der Waals surface area contributed by atoms with Crippen LogP contribution < -0.4 is 5.26 Å². The number of benzene rings is 6. The van der Waals surface area contributed by atoms with Gasteiger partial charge in [-0.2, -0.15) is 0 Å². The number of hydrogen-bond acceptors (Lipinski definition) is 9. The van der Waals surface area contributed by atoms with Gasteiger partial charge in [-0.15, -0.1) is 11.8 Å². The van der Waals surface area contributed by atoms with Crippen LogP contribution in [0.5, 0.6) is 0 Å². The van der Waals surface area contributed by atoms with Gasteiger partial charge in [0.25, 0.3) is 10.1 Å². The van der Waals surface area contributed by atoms with Crippen LogP contribution in [0, 0.1) is 0 Å². The first-order chi connectivity index (χ1) is 25.5. The van der Waals surface area contributed by atoms with Crippen molar-refractivity contribution in [2.45, 2.75) is 29.4 Å². The van der Waals surface area contributed by atoms with E-state index in [9.17, 15) is 18.0 Å². The summed E-state index contributed by atoms with van der Waals surface area (Å²) in [7, 11) is -3.51. The summed E-state index contributed by atoms with van der Waals surface area (Å²) in [6, 6.07) is 51.6. The van der Waals surface area contributed by atoms with Crippen LogP contribution in [0.2, 0.25) is 0 Å². The molecule has 0 amide bonds. The van der Waals surface area contributed by atoms with Gasteiger partial charge in [0.05, 0.1) is 6.26 Å². The largest absolute Gasteiger partial charge is 0.707 e. The fourth-order valence-electron chi connectivity index (χ4n) is 4.65. The molecule has 6 aromatic rings. The van der Waals surface area contributed by atoms with Crippen molar-refractivity contribution in [3.8, 4) is 0 Å². The first-order valence-electron chi connectivity index (χ1n) is 16.1. The minimum absolute atomic E-state index is 0.0664. The Hall–Kier alpha value is -4.07. The van der Waals surface area contributed by atoms with Crippen molar-refractivity contribution in [3.63, 3.8) is 0 Å². The number of carbonyl (C=O) groups excluding carboxylic acids is 2. The Labute approximate surface area is 327 Å². The minimum Gasteiger partial charge on any atom is -0.707 e. The van der Waals surface area contributed by atoms with Crippen LogP contribution in [-0.2, 0) is 25.3 Å². The monoisotopic (exact) mass is 798 g/mol. The first kappa shape index (κ1) is 41.7. The van der Waals surface area contributed by atoms with Gasteiger partial charge in [-0.05, 0) is 103 Å². The highest BCUT2D eigenvalue weighted by Gasteiger charge is 2.16. The van der Waals surface area contributed by atoms with Crippen LogP contribution in [0.15, 0.2) is 187 Å². The number of carbonyl (C=O) groups is 2. The zero-order valence-corrected chi connectivity index (χ0v) is 33.6. The number of hydrogen-bond donors (Lipinski definition) is 0. The average Bonchev–Trinajstić information content (AvgIpc) is 3.19. The predicted molar refractivity (Wildman–Crippen MR) is 219 cm³/mol. The molecule has 0 N–H and O–H groups in total. The van der Waals surface area contributed by atoms with Crippen LogP contribution in [-0.4, -0.2) is 45.0 Å². The van der Waals surface area contributed by atoms with Crippen molar-refractivity contribution in [1.82, 2.24) is 0 Å². The Morgan fingerprint density at radius 1 is 0.547 bits per heavy atom. The second-order valence-corrected chi connectivity index (χ2v) is 18.1. The van der Waals surface area contributed by atoms with Gasteiger partial charge in [0.15, 0.2) is 16.5 Å². The number of ketones is 2. The topological polar surface area (TPSA) is 101 Å². The molecule has 6 nitrogen and oxygen atoms in total. The molecule has 11 heteroatoms. The summed E-state index contributed by atoms with van der Waals surface area (Å²) < 4.78 is 21.6. The summed E-state index contributed by atoms with van der Waals surface area (Å²) in [5, 5.41) is 8.86. The zero-order valence-electron chi connectivity index (χ0n) is 29.5. The van der Waals surface area contributed by atoms with Gasteiger partial charge in [0.1, 0.15) is 12.5 Å². The molecule has 0 radical (unpaired) electrons. The van der Waals surface area contributed by atoms with Crippen molar-refractivity contribution in [1.29, 1.82) is 0 Å². The lowest BCUT2D eigenvalue weighted by Gasteiger charge is -2.09. The Kier molecular flexibility index (Phi) is 16.5. The second kappa shape index (κ2) is 21.0. The highest BCUT2D eigenvalue weighted by atomic mass is 32.2. The van der Waals surface area contributed by atoms with Crippen molar-refractivity contribution in [3.05, 3.63) is 180 Å². The fraction of sp³-hybridized carbons (Fsp3) is 0.0952. The molecule has 272 valence electrons. The molecule has 0 saturated heterocycles. The summed E-state index contributed by atoms with van der Waals surface area (Å²) in [5.74, 6) is 0.143. The lowest BCUT2D eigenvalue weighted by molar-refractivity contribution is -0.634. The second-order valence-electron chi connectivity index (χ2n) is 11.3. The maximum Gasteiger partial charge on any atom is 0.255 e. The Bertz CT molecular complexity index is 2170. The summed E-state index contributed by atoms with van der Waals surface area (Å²) in [5.41, 5.74) is 2.97. The molecule has 0 aliphatic carbocycles. The van der Waals surface area contributed by atoms with Crippen LogP contribution in [0.1, 0.15) is 31.8 Å². The SMILES string of the molecule is CS(=O)(=O)O[O-].CSc1ccc(C(=O)c2ccccc2Sc2ccccc2)cc1.C[S+](C)c1ccc(C(=O)c2ccccc2Sc2ccccc2)cc1. The van der Waals surface area contributed by atoms with Crippen molar-refractivity contribution in [2.24, 2.45) is 0 Å². The third-order valence-electron chi connectivity index (χ3n) is 7.27. The van der Waals surface area contributed by atoms with E-state index in [4.69, 9.17) is 5.26 Å². The van der Waals surface area contributed by atoms with E-state index in [0.29, 0.717) is 6.26 Å². The standard InChI is InChI=1S/C21H19OS2.C20H16OS2.CH4O4S/c1-24(2)18-14-12-16(13-15-18)21(22)19-10-6-7-11-20(19)23-17-8-4-3-5-9-17;1-22-16-13-11-15(12-14-16)20(21)18-9-5-6-10-19(18)23-17-7-3-2-4-8-17;1-6(3,4)5-2/h3-15H,1-2H3;2-14H,1H3;2H,1H3/q+1;;/p-1. The Morgan fingerprint density at radius 3 is 1.26 bits per heavy atom. The lowest BCUT2D eigenvalue weighted by Crippen LogP contribution is -2.12. The fourth-order valence-corrected chi connectivity index (χ4v) is 7.67. The van der Waals surface area contributed by atoms with Gasteiger partial charge in [0, 0.05) is 57.6 Å². The third kappa shape index (κ3) is 13.4. The molecule has 0 bridgehead atoms. The van der Waals surface area contributed by atoms with Crippen LogP contribution in [0.4, 0.5) is 0 Å². The maximum atomic E-state index is 12.9. The normalized spacial score (nSPS) is 10.8. The maximum absolute atomic E-state index is 12.9. The van der Waals surface area contributed by atoms with Gasteiger partial charge in [-0.1, -0.05) is 84.2 Å².